The van der Waals surface area contributed by atoms with E-state index in [4.69, 9.17) is 11.6 Å². The monoisotopic (exact) mass is 330 g/mol. The minimum Gasteiger partial charge on any atom is -0.307 e. The number of anilines is 1. The van der Waals surface area contributed by atoms with Crippen LogP contribution in [0.5, 0.6) is 0 Å². The van der Waals surface area contributed by atoms with Gasteiger partial charge in [-0.3, -0.25) is 0 Å². The van der Waals surface area contributed by atoms with Gasteiger partial charge in [0.1, 0.15) is 4.21 Å². The number of thiophene rings is 1. The molecule has 0 aliphatic heterocycles. The molecule has 2 amide bonds. The van der Waals surface area contributed by atoms with Gasteiger partial charge in [0.05, 0.1) is 0 Å². The number of hydrogen-bond donors (Lipinski definition) is 2. The molecule has 0 saturated heterocycles. The summed E-state index contributed by atoms with van der Waals surface area (Å²) in [7, 11) is -3.85. The lowest BCUT2D eigenvalue weighted by molar-refractivity contribution is 0.256. The number of nitrogens with one attached hydrogen (secondary N) is 2. The van der Waals surface area contributed by atoms with Crippen molar-refractivity contribution >= 4 is 44.7 Å². The first-order valence-corrected chi connectivity index (χ1v) is 8.20. The van der Waals surface area contributed by atoms with Crippen LogP contribution in [0.2, 0.25) is 5.02 Å². The zero-order chi connectivity index (χ0) is 14.8. The van der Waals surface area contributed by atoms with E-state index >= 15 is 0 Å². The summed E-state index contributed by atoms with van der Waals surface area (Å²) in [6.45, 7) is 1.79. The average molecular weight is 331 g/mol. The molecule has 0 spiro atoms. The lowest BCUT2D eigenvalue weighted by Gasteiger charge is -2.07. The molecule has 1 aromatic carbocycles. The first-order chi connectivity index (χ1) is 9.37. The minimum absolute atomic E-state index is 0.0937. The molecule has 8 heteroatoms. The molecule has 0 unspecified atom stereocenters. The van der Waals surface area contributed by atoms with Gasteiger partial charge in [-0.05, 0) is 37.3 Å². The van der Waals surface area contributed by atoms with Gasteiger partial charge in [0.25, 0.3) is 10.0 Å². The second-order valence-electron chi connectivity index (χ2n) is 3.94. The average Bonchev–Trinajstić information content (AvgIpc) is 2.75. The summed E-state index contributed by atoms with van der Waals surface area (Å²) in [6, 6.07) is 8.71. The predicted octanol–water partition coefficient (Wildman–Crippen LogP) is 3.22. The Morgan fingerprint density at radius 3 is 2.60 bits per heavy atom. The van der Waals surface area contributed by atoms with E-state index in [1.807, 2.05) is 4.72 Å². The highest BCUT2D eigenvalue weighted by molar-refractivity contribution is 7.92. The zero-order valence-corrected chi connectivity index (χ0v) is 12.8. The quantitative estimate of drug-likeness (QED) is 0.907. The van der Waals surface area contributed by atoms with E-state index in [1.165, 1.54) is 12.1 Å². The first kappa shape index (κ1) is 14.8. The van der Waals surface area contributed by atoms with E-state index < -0.39 is 16.1 Å². The van der Waals surface area contributed by atoms with Gasteiger partial charge in [0.2, 0.25) is 0 Å². The molecule has 0 bridgehead atoms. The highest BCUT2D eigenvalue weighted by Crippen LogP contribution is 2.20. The predicted molar refractivity (Wildman–Crippen MR) is 79.8 cm³/mol. The standard InChI is InChI=1S/C12H11ClN2O3S2/c1-8-5-6-11(19-8)20(17,18)15-12(16)14-10-4-2-3-9(13)7-10/h2-7H,1H3,(H2,14,15,16). The number of rotatable bonds is 3. The van der Waals surface area contributed by atoms with Crippen LogP contribution in [0.15, 0.2) is 40.6 Å². The van der Waals surface area contributed by atoms with Crippen molar-refractivity contribution in [2.24, 2.45) is 0 Å². The van der Waals surface area contributed by atoms with Crippen LogP contribution < -0.4 is 10.0 Å². The molecule has 2 aromatic rings. The number of amides is 2. The number of aryl methyl sites for hydroxylation is 1. The summed E-state index contributed by atoms with van der Waals surface area (Å²) in [4.78, 5) is 12.5. The van der Waals surface area contributed by atoms with Crippen LogP contribution in [-0.4, -0.2) is 14.4 Å². The number of hydrogen-bond acceptors (Lipinski definition) is 4. The molecule has 1 aromatic heterocycles. The fraction of sp³-hybridized carbons (Fsp3) is 0.0833. The number of carbonyl (C=O) groups is 1. The minimum atomic E-state index is -3.85. The Labute approximate surface area is 125 Å². The normalized spacial score (nSPS) is 11.1. The van der Waals surface area contributed by atoms with Crippen LogP contribution in [0.3, 0.4) is 0 Å². The molecule has 1 heterocycles. The molecule has 0 atom stereocenters. The molecule has 5 nitrogen and oxygen atoms in total. The highest BCUT2D eigenvalue weighted by Gasteiger charge is 2.19. The number of carbonyl (C=O) groups excluding carboxylic acids is 1. The van der Waals surface area contributed by atoms with Crippen LogP contribution in [0.4, 0.5) is 10.5 Å². The number of urea groups is 1. The number of sulfonamides is 1. The maximum absolute atomic E-state index is 11.9. The number of halogens is 1. The third-order valence-electron chi connectivity index (χ3n) is 2.29. The van der Waals surface area contributed by atoms with Gasteiger partial charge < -0.3 is 5.32 Å². The van der Waals surface area contributed by atoms with Crippen molar-refractivity contribution in [1.82, 2.24) is 4.72 Å². The summed E-state index contributed by atoms with van der Waals surface area (Å²) in [5.74, 6) is 0. The molecule has 0 aliphatic carbocycles. The third-order valence-corrected chi connectivity index (χ3v) is 5.35. The SMILES string of the molecule is Cc1ccc(S(=O)(=O)NC(=O)Nc2cccc(Cl)c2)s1. The Bertz CT molecular complexity index is 741. The van der Waals surface area contributed by atoms with E-state index in [-0.39, 0.29) is 4.21 Å². The van der Waals surface area contributed by atoms with Gasteiger partial charge in [-0.1, -0.05) is 17.7 Å². The summed E-state index contributed by atoms with van der Waals surface area (Å²) in [6.07, 6.45) is 0. The van der Waals surface area contributed by atoms with Crippen LogP contribution in [0.25, 0.3) is 0 Å². The Morgan fingerprint density at radius 1 is 1.25 bits per heavy atom. The van der Waals surface area contributed by atoms with E-state index in [0.717, 1.165) is 16.2 Å². The fourth-order valence-corrected chi connectivity index (χ4v) is 3.83. The maximum Gasteiger partial charge on any atom is 0.333 e. The van der Waals surface area contributed by atoms with Gasteiger partial charge >= 0.3 is 6.03 Å². The van der Waals surface area contributed by atoms with Gasteiger partial charge in [-0.15, -0.1) is 11.3 Å². The van der Waals surface area contributed by atoms with Crippen LogP contribution in [0.1, 0.15) is 4.88 Å². The van der Waals surface area contributed by atoms with Crippen molar-refractivity contribution in [2.75, 3.05) is 5.32 Å². The zero-order valence-electron chi connectivity index (χ0n) is 10.4. The van der Waals surface area contributed by atoms with E-state index in [2.05, 4.69) is 5.32 Å². The van der Waals surface area contributed by atoms with E-state index in [1.54, 1.807) is 31.2 Å². The molecule has 106 valence electrons. The van der Waals surface area contributed by atoms with Crippen LogP contribution >= 0.6 is 22.9 Å². The summed E-state index contributed by atoms with van der Waals surface area (Å²) < 4.78 is 25.9. The Kier molecular flexibility index (Phi) is 4.32. The van der Waals surface area contributed by atoms with Gasteiger partial charge in [0.15, 0.2) is 0 Å². The Morgan fingerprint density at radius 2 is 2.00 bits per heavy atom. The Hall–Kier alpha value is -1.57. The fourth-order valence-electron chi connectivity index (χ4n) is 1.45. The molecular weight excluding hydrogens is 320 g/mol. The molecule has 0 fully saturated rings. The molecule has 0 radical (unpaired) electrons. The second kappa shape index (κ2) is 5.82. The van der Waals surface area contributed by atoms with Crippen molar-refractivity contribution < 1.29 is 13.2 Å². The van der Waals surface area contributed by atoms with Gasteiger partial charge in [-0.2, -0.15) is 0 Å². The molecular formula is C12H11ClN2O3S2. The lowest BCUT2D eigenvalue weighted by Crippen LogP contribution is -2.33. The summed E-state index contributed by atoms with van der Waals surface area (Å²) in [5, 5.41) is 2.85. The third kappa shape index (κ3) is 3.72. The highest BCUT2D eigenvalue weighted by atomic mass is 35.5. The Balaban J connectivity index is 2.08. The molecule has 2 rings (SSSR count). The van der Waals surface area contributed by atoms with Gasteiger partial charge in [0, 0.05) is 15.6 Å². The topological polar surface area (TPSA) is 75.3 Å². The molecule has 2 N–H and O–H groups in total. The molecule has 0 saturated carbocycles. The van der Waals surface area contributed by atoms with Crippen molar-refractivity contribution in [3.63, 3.8) is 0 Å². The van der Waals surface area contributed by atoms with Crippen LogP contribution in [0, 0.1) is 6.92 Å². The smallest absolute Gasteiger partial charge is 0.307 e. The van der Waals surface area contributed by atoms with Gasteiger partial charge in [-0.25, -0.2) is 17.9 Å². The van der Waals surface area contributed by atoms with Crippen molar-refractivity contribution in [2.45, 2.75) is 11.1 Å². The van der Waals surface area contributed by atoms with Crippen molar-refractivity contribution in [3.8, 4) is 0 Å². The summed E-state index contributed by atoms with van der Waals surface area (Å²) in [5.41, 5.74) is 0.410. The lowest BCUT2D eigenvalue weighted by atomic mass is 10.3. The second-order valence-corrected chi connectivity index (χ2v) is 7.57. The number of benzene rings is 1. The van der Waals surface area contributed by atoms with Crippen molar-refractivity contribution in [3.05, 3.63) is 46.3 Å². The van der Waals surface area contributed by atoms with Crippen molar-refractivity contribution in [1.29, 1.82) is 0 Å². The summed E-state index contributed by atoms with van der Waals surface area (Å²) >= 11 is 6.87. The maximum atomic E-state index is 11.9. The first-order valence-electron chi connectivity index (χ1n) is 5.52. The van der Waals surface area contributed by atoms with E-state index in [0.29, 0.717) is 10.7 Å². The largest absolute Gasteiger partial charge is 0.333 e. The van der Waals surface area contributed by atoms with Crippen LogP contribution in [-0.2, 0) is 10.0 Å². The van der Waals surface area contributed by atoms with E-state index in [9.17, 15) is 13.2 Å². The molecule has 0 aliphatic rings. The molecule has 20 heavy (non-hydrogen) atoms.